The van der Waals surface area contributed by atoms with Crippen LogP contribution in [0.1, 0.15) is 12.0 Å². The maximum absolute atomic E-state index is 11.9. The molecule has 0 aliphatic carbocycles. The van der Waals surface area contributed by atoms with Gasteiger partial charge in [0.1, 0.15) is 6.54 Å². The Morgan fingerprint density at radius 1 is 1.25 bits per heavy atom. The van der Waals surface area contributed by atoms with Crippen LogP contribution in [0.3, 0.4) is 0 Å². The van der Waals surface area contributed by atoms with Crippen LogP contribution in [0.25, 0.3) is 0 Å². The number of fused-ring (bicyclic) bond motifs is 1. The van der Waals surface area contributed by atoms with Gasteiger partial charge in [0, 0.05) is 13.5 Å². The molecule has 6 heteroatoms. The fourth-order valence-corrected chi connectivity index (χ4v) is 1.92. The van der Waals surface area contributed by atoms with Gasteiger partial charge in [0.2, 0.25) is 5.91 Å². The molecule has 1 aromatic carbocycles. The molecule has 1 N–H and O–H groups in total. The molecule has 2 rings (SSSR count). The van der Waals surface area contributed by atoms with Gasteiger partial charge in [-0.25, -0.2) is 0 Å². The van der Waals surface area contributed by atoms with Gasteiger partial charge in [-0.15, -0.1) is 0 Å². The average Bonchev–Trinajstić information content (AvgIpc) is 2.62. The number of carbonyl (C=O) groups excluding carboxylic acids is 1. The van der Waals surface area contributed by atoms with Crippen molar-refractivity contribution in [1.82, 2.24) is 4.90 Å². The van der Waals surface area contributed by atoms with Gasteiger partial charge in [0.25, 0.3) is 0 Å². The lowest BCUT2D eigenvalue weighted by Crippen LogP contribution is -2.33. The largest absolute Gasteiger partial charge is 0.490 e. The molecule has 6 nitrogen and oxygen atoms in total. The van der Waals surface area contributed by atoms with E-state index < -0.39 is 5.97 Å². The Bertz CT molecular complexity index is 514. The third-order valence-electron chi connectivity index (χ3n) is 2.97. The maximum atomic E-state index is 11.9. The molecule has 0 radical (unpaired) electrons. The first kappa shape index (κ1) is 14.2. The lowest BCUT2D eigenvalue weighted by Gasteiger charge is -2.15. The molecule has 0 saturated heterocycles. The Kier molecular flexibility index (Phi) is 4.45. The molecule has 0 bridgehead atoms. The predicted molar refractivity (Wildman–Crippen MR) is 71.0 cm³/mol. The normalized spacial score (nSPS) is 13.4. The Morgan fingerprint density at radius 2 is 1.95 bits per heavy atom. The van der Waals surface area contributed by atoms with E-state index in [2.05, 4.69) is 0 Å². The van der Waals surface area contributed by atoms with E-state index in [4.69, 9.17) is 14.6 Å². The summed E-state index contributed by atoms with van der Waals surface area (Å²) in [7, 11) is 1.47. The van der Waals surface area contributed by atoms with E-state index >= 15 is 0 Å². The summed E-state index contributed by atoms with van der Waals surface area (Å²) in [5.74, 6) is 0.0349. The van der Waals surface area contributed by atoms with Crippen molar-refractivity contribution in [2.75, 3.05) is 26.8 Å². The van der Waals surface area contributed by atoms with Gasteiger partial charge in [-0.3, -0.25) is 9.59 Å². The summed E-state index contributed by atoms with van der Waals surface area (Å²) >= 11 is 0. The zero-order valence-electron chi connectivity index (χ0n) is 11.3. The smallest absolute Gasteiger partial charge is 0.323 e. The van der Waals surface area contributed by atoms with E-state index in [1.54, 1.807) is 18.2 Å². The van der Waals surface area contributed by atoms with Crippen LogP contribution in [0, 0.1) is 0 Å². The number of carbonyl (C=O) groups is 2. The maximum Gasteiger partial charge on any atom is 0.323 e. The van der Waals surface area contributed by atoms with Gasteiger partial charge in [-0.05, 0) is 17.7 Å². The second kappa shape index (κ2) is 6.27. The van der Waals surface area contributed by atoms with Crippen molar-refractivity contribution in [3.63, 3.8) is 0 Å². The summed E-state index contributed by atoms with van der Waals surface area (Å²) in [6.07, 6.45) is 0.963. The van der Waals surface area contributed by atoms with Gasteiger partial charge < -0.3 is 19.5 Å². The fraction of sp³-hybridized carbons (Fsp3) is 0.429. The number of ether oxygens (including phenoxy) is 2. The molecule has 1 amide bonds. The van der Waals surface area contributed by atoms with Crippen molar-refractivity contribution in [2.45, 2.75) is 12.8 Å². The van der Waals surface area contributed by atoms with Gasteiger partial charge in [0.15, 0.2) is 11.5 Å². The van der Waals surface area contributed by atoms with E-state index in [1.165, 1.54) is 11.9 Å². The Morgan fingerprint density at radius 3 is 2.65 bits per heavy atom. The summed E-state index contributed by atoms with van der Waals surface area (Å²) in [6, 6.07) is 5.34. The van der Waals surface area contributed by atoms with E-state index in [-0.39, 0.29) is 18.9 Å². The standard InChI is InChI=1S/C14H17NO5/c1-15(9-14(17)18)13(16)8-10-3-4-11-12(7-10)20-6-2-5-19-11/h3-4,7H,2,5-6,8-9H2,1H3,(H,17,18). The van der Waals surface area contributed by atoms with Gasteiger partial charge >= 0.3 is 5.97 Å². The number of likely N-dealkylation sites (N-methyl/N-ethyl adjacent to an activating group) is 1. The third kappa shape index (κ3) is 3.63. The minimum Gasteiger partial charge on any atom is -0.490 e. The second-order valence-electron chi connectivity index (χ2n) is 4.65. The molecule has 0 saturated carbocycles. The highest BCUT2D eigenvalue weighted by atomic mass is 16.5. The summed E-state index contributed by atoms with van der Waals surface area (Å²) in [6.45, 7) is 0.902. The number of amides is 1. The molecule has 0 unspecified atom stereocenters. The van der Waals surface area contributed by atoms with Crippen molar-refractivity contribution < 1.29 is 24.2 Å². The number of hydrogen-bond acceptors (Lipinski definition) is 4. The predicted octanol–water partition coefficient (Wildman–Crippen LogP) is 0.933. The summed E-state index contributed by atoms with van der Waals surface area (Å²) in [5.41, 5.74) is 0.775. The highest BCUT2D eigenvalue weighted by Gasteiger charge is 2.15. The summed E-state index contributed by atoms with van der Waals surface area (Å²) < 4.78 is 11.1. The number of nitrogens with zero attached hydrogens (tertiary/aromatic N) is 1. The Hall–Kier alpha value is -2.24. The molecular weight excluding hydrogens is 262 g/mol. The van der Waals surface area contributed by atoms with E-state index in [1.807, 2.05) is 0 Å². The molecule has 0 aromatic heterocycles. The van der Waals surface area contributed by atoms with Crippen LogP contribution in [0.2, 0.25) is 0 Å². The van der Waals surface area contributed by atoms with Crippen LogP contribution in [0.4, 0.5) is 0 Å². The first-order chi connectivity index (χ1) is 9.56. The van der Waals surface area contributed by atoms with E-state index in [0.29, 0.717) is 24.7 Å². The molecule has 1 heterocycles. The molecule has 0 spiro atoms. The molecule has 0 fully saturated rings. The van der Waals surface area contributed by atoms with Crippen molar-refractivity contribution in [3.05, 3.63) is 23.8 Å². The molecule has 0 atom stereocenters. The molecule has 1 aromatic rings. The Labute approximate surface area is 116 Å². The number of hydrogen-bond donors (Lipinski definition) is 1. The topological polar surface area (TPSA) is 76.1 Å². The Balaban J connectivity index is 2.04. The van der Waals surface area contributed by atoms with Gasteiger partial charge in [0.05, 0.1) is 19.6 Å². The average molecular weight is 279 g/mol. The van der Waals surface area contributed by atoms with Crippen LogP contribution in [0.15, 0.2) is 18.2 Å². The minimum atomic E-state index is -1.03. The van der Waals surface area contributed by atoms with Crippen LogP contribution in [-0.4, -0.2) is 48.7 Å². The summed E-state index contributed by atoms with van der Waals surface area (Å²) in [5, 5.41) is 8.66. The van der Waals surface area contributed by atoms with Crippen LogP contribution in [-0.2, 0) is 16.0 Å². The summed E-state index contributed by atoms with van der Waals surface area (Å²) in [4.78, 5) is 23.6. The minimum absolute atomic E-state index is 0.139. The fourth-order valence-electron chi connectivity index (χ4n) is 1.92. The zero-order valence-corrected chi connectivity index (χ0v) is 11.3. The number of carboxylic acids is 1. The number of benzene rings is 1. The van der Waals surface area contributed by atoms with Crippen molar-refractivity contribution in [3.8, 4) is 11.5 Å². The van der Waals surface area contributed by atoms with E-state index in [0.717, 1.165) is 12.0 Å². The van der Waals surface area contributed by atoms with Gasteiger partial charge in [-0.1, -0.05) is 6.07 Å². The molecule has 1 aliphatic rings. The third-order valence-corrected chi connectivity index (χ3v) is 2.97. The first-order valence-electron chi connectivity index (χ1n) is 6.40. The van der Waals surface area contributed by atoms with Crippen molar-refractivity contribution >= 4 is 11.9 Å². The van der Waals surface area contributed by atoms with E-state index in [9.17, 15) is 9.59 Å². The number of carboxylic acid groups (broad SMARTS) is 1. The van der Waals surface area contributed by atoms with Gasteiger partial charge in [-0.2, -0.15) is 0 Å². The monoisotopic (exact) mass is 279 g/mol. The molecule has 20 heavy (non-hydrogen) atoms. The lowest BCUT2D eigenvalue weighted by molar-refractivity contribution is -0.143. The number of aliphatic carboxylic acids is 1. The zero-order chi connectivity index (χ0) is 14.5. The lowest BCUT2D eigenvalue weighted by atomic mass is 10.1. The molecule has 1 aliphatic heterocycles. The SMILES string of the molecule is CN(CC(=O)O)C(=O)Cc1ccc2c(c1)OCCCO2. The highest BCUT2D eigenvalue weighted by molar-refractivity contribution is 5.82. The number of rotatable bonds is 4. The second-order valence-corrected chi connectivity index (χ2v) is 4.65. The first-order valence-corrected chi connectivity index (χ1v) is 6.40. The quantitative estimate of drug-likeness (QED) is 0.887. The van der Waals surface area contributed by atoms with Crippen molar-refractivity contribution in [2.24, 2.45) is 0 Å². The highest BCUT2D eigenvalue weighted by Crippen LogP contribution is 2.30. The van der Waals surface area contributed by atoms with Crippen LogP contribution < -0.4 is 9.47 Å². The molecule has 108 valence electrons. The van der Waals surface area contributed by atoms with Crippen LogP contribution >= 0.6 is 0 Å². The molecular formula is C14H17NO5. The van der Waals surface area contributed by atoms with Crippen LogP contribution in [0.5, 0.6) is 11.5 Å². The van der Waals surface area contributed by atoms with Crippen molar-refractivity contribution in [1.29, 1.82) is 0 Å².